The Labute approximate surface area is 129 Å². The SMILES string of the molecule is CCCCOCCCNS(=O)(=O)c1cc(C(=O)O)ccc1F. The second kappa shape index (κ2) is 8.82. The van der Waals surface area contributed by atoms with E-state index in [1.54, 1.807) is 0 Å². The first kappa shape index (κ1) is 18.5. The molecule has 0 aromatic heterocycles. The Morgan fingerprint density at radius 3 is 2.64 bits per heavy atom. The summed E-state index contributed by atoms with van der Waals surface area (Å²) < 4.78 is 45.1. The van der Waals surface area contributed by atoms with Crippen molar-refractivity contribution >= 4 is 16.0 Å². The number of sulfonamides is 1. The molecule has 1 aromatic carbocycles. The van der Waals surface area contributed by atoms with E-state index in [2.05, 4.69) is 4.72 Å². The first-order valence-corrected chi connectivity index (χ1v) is 8.47. The standard InChI is InChI=1S/C14H20FNO5S/c1-2-3-8-21-9-4-7-16-22(19,20)13-10-11(14(17)18)5-6-12(13)15/h5-6,10,16H,2-4,7-9H2,1H3,(H,17,18). The van der Waals surface area contributed by atoms with Crippen LogP contribution in [-0.2, 0) is 14.8 Å². The van der Waals surface area contributed by atoms with Gasteiger partial charge in [-0.05, 0) is 31.0 Å². The van der Waals surface area contributed by atoms with Crippen molar-refractivity contribution in [1.29, 1.82) is 0 Å². The maximum absolute atomic E-state index is 13.6. The van der Waals surface area contributed by atoms with E-state index in [4.69, 9.17) is 9.84 Å². The van der Waals surface area contributed by atoms with Crippen molar-refractivity contribution in [1.82, 2.24) is 4.72 Å². The number of nitrogens with one attached hydrogen (secondary N) is 1. The third-order valence-corrected chi connectivity index (χ3v) is 4.34. The van der Waals surface area contributed by atoms with Gasteiger partial charge in [-0.25, -0.2) is 22.3 Å². The Hall–Kier alpha value is -1.51. The smallest absolute Gasteiger partial charge is 0.335 e. The van der Waals surface area contributed by atoms with E-state index in [0.717, 1.165) is 31.0 Å². The van der Waals surface area contributed by atoms with Crippen molar-refractivity contribution in [3.8, 4) is 0 Å². The summed E-state index contributed by atoms with van der Waals surface area (Å²) in [6.07, 6.45) is 2.41. The van der Waals surface area contributed by atoms with E-state index < -0.39 is 26.7 Å². The Morgan fingerprint density at radius 1 is 1.32 bits per heavy atom. The molecule has 0 aliphatic carbocycles. The molecule has 124 valence electrons. The van der Waals surface area contributed by atoms with Gasteiger partial charge in [0.1, 0.15) is 10.7 Å². The second-order valence-electron chi connectivity index (χ2n) is 4.67. The molecule has 0 saturated heterocycles. The van der Waals surface area contributed by atoms with Gasteiger partial charge < -0.3 is 9.84 Å². The van der Waals surface area contributed by atoms with Gasteiger partial charge in [-0.15, -0.1) is 0 Å². The number of aromatic carboxylic acids is 1. The summed E-state index contributed by atoms with van der Waals surface area (Å²) in [4.78, 5) is 10.2. The number of carbonyl (C=O) groups is 1. The van der Waals surface area contributed by atoms with Crippen LogP contribution in [0.25, 0.3) is 0 Å². The van der Waals surface area contributed by atoms with Gasteiger partial charge in [0.2, 0.25) is 10.0 Å². The molecule has 1 aromatic rings. The topological polar surface area (TPSA) is 92.7 Å². The van der Waals surface area contributed by atoms with Gasteiger partial charge in [0.15, 0.2) is 0 Å². The Balaban J connectivity index is 2.59. The number of halogens is 1. The molecule has 0 heterocycles. The lowest BCUT2D eigenvalue weighted by Crippen LogP contribution is -2.26. The Kier molecular flexibility index (Phi) is 7.43. The number of carboxylic acid groups (broad SMARTS) is 1. The molecule has 1 rings (SSSR count). The zero-order valence-corrected chi connectivity index (χ0v) is 13.2. The fourth-order valence-corrected chi connectivity index (χ4v) is 2.82. The fraction of sp³-hybridized carbons (Fsp3) is 0.500. The molecule has 0 radical (unpaired) electrons. The minimum absolute atomic E-state index is 0.0885. The highest BCUT2D eigenvalue weighted by Crippen LogP contribution is 2.16. The number of ether oxygens (including phenoxy) is 1. The summed E-state index contributed by atoms with van der Waals surface area (Å²) in [6, 6.07) is 2.64. The molecule has 0 fully saturated rings. The van der Waals surface area contributed by atoms with Crippen molar-refractivity contribution in [2.45, 2.75) is 31.1 Å². The van der Waals surface area contributed by atoms with Crippen LogP contribution in [0.15, 0.2) is 23.1 Å². The third-order valence-electron chi connectivity index (χ3n) is 2.87. The summed E-state index contributed by atoms with van der Waals surface area (Å²) in [5.41, 5.74) is -0.287. The van der Waals surface area contributed by atoms with Crippen molar-refractivity contribution in [3.63, 3.8) is 0 Å². The molecule has 2 N–H and O–H groups in total. The zero-order chi connectivity index (χ0) is 16.6. The zero-order valence-electron chi connectivity index (χ0n) is 12.3. The van der Waals surface area contributed by atoms with Crippen molar-refractivity contribution in [2.75, 3.05) is 19.8 Å². The van der Waals surface area contributed by atoms with E-state index >= 15 is 0 Å². The summed E-state index contributed by atoms with van der Waals surface area (Å²) in [7, 11) is -4.09. The normalized spacial score (nSPS) is 11.5. The van der Waals surface area contributed by atoms with Crippen molar-refractivity contribution in [2.24, 2.45) is 0 Å². The second-order valence-corrected chi connectivity index (χ2v) is 6.40. The molecule has 0 bridgehead atoms. The first-order valence-electron chi connectivity index (χ1n) is 6.98. The lowest BCUT2D eigenvalue weighted by Gasteiger charge is -2.09. The maximum atomic E-state index is 13.6. The van der Waals surface area contributed by atoms with Crippen molar-refractivity contribution in [3.05, 3.63) is 29.6 Å². The van der Waals surface area contributed by atoms with Gasteiger partial charge in [-0.3, -0.25) is 0 Å². The highest BCUT2D eigenvalue weighted by Gasteiger charge is 2.20. The predicted octanol–water partition coefficient (Wildman–Crippen LogP) is 2.01. The van der Waals surface area contributed by atoms with Crippen LogP contribution in [0.4, 0.5) is 4.39 Å². The Bertz CT molecular complexity index is 603. The van der Waals surface area contributed by atoms with Crippen LogP contribution in [0.2, 0.25) is 0 Å². The molecule has 0 aliphatic rings. The molecule has 0 unspecified atom stereocenters. The summed E-state index contributed by atoms with van der Waals surface area (Å²) in [5, 5.41) is 8.83. The largest absolute Gasteiger partial charge is 0.478 e. The lowest BCUT2D eigenvalue weighted by atomic mass is 10.2. The molecular formula is C14H20FNO5S. The molecule has 0 aliphatic heterocycles. The molecule has 0 spiro atoms. The van der Waals surface area contributed by atoms with Crippen LogP contribution in [-0.4, -0.2) is 39.3 Å². The van der Waals surface area contributed by atoms with E-state index in [0.29, 0.717) is 19.6 Å². The van der Waals surface area contributed by atoms with E-state index in [9.17, 15) is 17.6 Å². The number of unbranched alkanes of at least 4 members (excludes halogenated alkanes) is 1. The average molecular weight is 333 g/mol. The number of hydrogen-bond donors (Lipinski definition) is 2. The maximum Gasteiger partial charge on any atom is 0.335 e. The molecule has 0 amide bonds. The van der Waals surface area contributed by atoms with Crippen LogP contribution in [0.5, 0.6) is 0 Å². The highest BCUT2D eigenvalue weighted by atomic mass is 32.2. The van der Waals surface area contributed by atoms with Crippen LogP contribution < -0.4 is 4.72 Å². The van der Waals surface area contributed by atoms with Crippen LogP contribution in [0, 0.1) is 5.82 Å². The van der Waals surface area contributed by atoms with Crippen LogP contribution in [0.3, 0.4) is 0 Å². The monoisotopic (exact) mass is 333 g/mol. The summed E-state index contributed by atoms with van der Waals surface area (Å²) >= 11 is 0. The van der Waals surface area contributed by atoms with Crippen LogP contribution in [0.1, 0.15) is 36.5 Å². The van der Waals surface area contributed by atoms with E-state index in [1.807, 2.05) is 6.92 Å². The predicted molar refractivity (Wildman–Crippen MR) is 78.9 cm³/mol. The molecule has 6 nitrogen and oxygen atoms in total. The van der Waals surface area contributed by atoms with Gasteiger partial charge in [-0.1, -0.05) is 13.3 Å². The quantitative estimate of drug-likeness (QED) is 0.639. The number of hydrogen-bond acceptors (Lipinski definition) is 4. The summed E-state index contributed by atoms with van der Waals surface area (Å²) in [6.45, 7) is 3.15. The molecule has 0 saturated carbocycles. The molecule has 0 atom stereocenters. The number of carboxylic acids is 1. The number of rotatable bonds is 10. The molecule has 22 heavy (non-hydrogen) atoms. The first-order chi connectivity index (χ1) is 10.4. The highest BCUT2D eigenvalue weighted by molar-refractivity contribution is 7.89. The van der Waals surface area contributed by atoms with E-state index in [1.165, 1.54) is 0 Å². The minimum Gasteiger partial charge on any atom is -0.478 e. The average Bonchev–Trinajstić information content (AvgIpc) is 2.46. The molecule has 8 heteroatoms. The van der Waals surface area contributed by atoms with Gasteiger partial charge in [-0.2, -0.15) is 0 Å². The van der Waals surface area contributed by atoms with E-state index in [-0.39, 0.29) is 12.1 Å². The fourth-order valence-electron chi connectivity index (χ4n) is 1.65. The lowest BCUT2D eigenvalue weighted by molar-refractivity contribution is 0.0696. The Morgan fingerprint density at radius 2 is 2.00 bits per heavy atom. The number of benzene rings is 1. The minimum atomic E-state index is -4.09. The van der Waals surface area contributed by atoms with Gasteiger partial charge >= 0.3 is 5.97 Å². The van der Waals surface area contributed by atoms with Gasteiger partial charge in [0.05, 0.1) is 5.56 Å². The summed E-state index contributed by atoms with van der Waals surface area (Å²) in [5.74, 6) is -2.31. The van der Waals surface area contributed by atoms with Gasteiger partial charge in [0.25, 0.3) is 0 Å². The van der Waals surface area contributed by atoms with Crippen molar-refractivity contribution < 1.29 is 27.4 Å². The molecular weight excluding hydrogens is 313 g/mol. The van der Waals surface area contributed by atoms with Gasteiger partial charge in [0, 0.05) is 19.8 Å². The third kappa shape index (κ3) is 5.70. The van der Waals surface area contributed by atoms with Crippen LogP contribution >= 0.6 is 0 Å².